The highest BCUT2D eigenvalue weighted by Crippen LogP contribution is 2.34. The van der Waals surface area contributed by atoms with Gasteiger partial charge in [-0.25, -0.2) is 0 Å². The van der Waals surface area contributed by atoms with Gasteiger partial charge in [0.2, 0.25) is 11.3 Å². The van der Waals surface area contributed by atoms with E-state index in [0.29, 0.717) is 22.1 Å². The molecule has 5 nitrogen and oxygen atoms in total. The fourth-order valence-corrected chi connectivity index (χ4v) is 3.71. The molecule has 0 radical (unpaired) electrons. The number of para-hydroxylation sites is 1. The Morgan fingerprint density at radius 3 is 2.47 bits per heavy atom. The van der Waals surface area contributed by atoms with E-state index in [-0.39, 0.29) is 17.1 Å². The Morgan fingerprint density at radius 1 is 0.867 bits per heavy atom. The molecule has 0 spiro atoms. The summed E-state index contributed by atoms with van der Waals surface area (Å²) < 4.78 is 11.3. The van der Waals surface area contributed by atoms with Crippen LogP contribution >= 0.6 is 0 Å². The normalized spacial score (nSPS) is 11.1. The molecule has 146 valence electrons. The van der Waals surface area contributed by atoms with E-state index >= 15 is 0 Å². The zero-order chi connectivity index (χ0) is 20.7. The molecule has 0 unspecified atom stereocenters. The van der Waals surface area contributed by atoms with E-state index in [4.69, 9.17) is 8.83 Å². The van der Waals surface area contributed by atoms with Crippen LogP contribution in [-0.2, 0) is 0 Å². The first-order valence-electron chi connectivity index (χ1n) is 9.53. The number of carbonyl (C=O) groups is 1. The summed E-state index contributed by atoms with van der Waals surface area (Å²) >= 11 is 0. The number of amides is 1. The van der Waals surface area contributed by atoms with Gasteiger partial charge in [0.15, 0.2) is 5.76 Å². The smallest absolute Gasteiger partial charge is 0.293 e. The average molecular weight is 395 g/mol. The number of carbonyl (C=O) groups excluding carboxylic acids is 1. The van der Waals surface area contributed by atoms with Gasteiger partial charge in [0.05, 0.1) is 17.2 Å². The largest absolute Gasteiger partial charge is 0.459 e. The fourth-order valence-electron chi connectivity index (χ4n) is 3.71. The SMILES string of the molecule is Cc1cccc2c(=O)c(-c3cccc4ccccc34)c(NC(=O)c3ccco3)oc12. The minimum atomic E-state index is -0.488. The van der Waals surface area contributed by atoms with Crippen LogP contribution in [0.3, 0.4) is 0 Å². The van der Waals surface area contributed by atoms with E-state index < -0.39 is 5.91 Å². The summed E-state index contributed by atoms with van der Waals surface area (Å²) in [5, 5.41) is 5.09. The molecule has 0 atom stereocenters. The van der Waals surface area contributed by atoms with E-state index in [2.05, 4.69) is 5.32 Å². The number of hydrogen-bond acceptors (Lipinski definition) is 4. The zero-order valence-corrected chi connectivity index (χ0v) is 16.1. The van der Waals surface area contributed by atoms with Gasteiger partial charge < -0.3 is 8.83 Å². The van der Waals surface area contributed by atoms with Crippen LogP contribution in [0.15, 0.2) is 92.7 Å². The lowest BCUT2D eigenvalue weighted by atomic mass is 9.97. The molecule has 5 heteroatoms. The molecule has 1 N–H and O–H groups in total. The van der Waals surface area contributed by atoms with Crippen LogP contribution in [0.2, 0.25) is 0 Å². The minimum Gasteiger partial charge on any atom is -0.459 e. The lowest BCUT2D eigenvalue weighted by Gasteiger charge is -2.13. The van der Waals surface area contributed by atoms with Gasteiger partial charge in [-0.2, -0.15) is 0 Å². The molecule has 5 aromatic rings. The number of furan rings is 1. The molecule has 30 heavy (non-hydrogen) atoms. The van der Waals surface area contributed by atoms with Crippen molar-refractivity contribution in [3.8, 4) is 11.1 Å². The summed E-state index contributed by atoms with van der Waals surface area (Å²) in [4.78, 5) is 26.3. The Hall–Kier alpha value is -4.12. The molecule has 0 fully saturated rings. The zero-order valence-electron chi connectivity index (χ0n) is 16.1. The summed E-state index contributed by atoms with van der Waals surface area (Å²) in [6.45, 7) is 1.86. The third-order valence-corrected chi connectivity index (χ3v) is 5.15. The molecule has 5 rings (SSSR count). The number of nitrogens with one attached hydrogen (secondary N) is 1. The van der Waals surface area contributed by atoms with Crippen molar-refractivity contribution in [2.45, 2.75) is 6.92 Å². The maximum absolute atomic E-state index is 13.6. The fraction of sp³-hybridized carbons (Fsp3) is 0.0400. The number of rotatable bonds is 3. The molecular weight excluding hydrogens is 378 g/mol. The van der Waals surface area contributed by atoms with Crippen LogP contribution in [0.4, 0.5) is 5.88 Å². The molecule has 2 aromatic heterocycles. The van der Waals surface area contributed by atoms with E-state index in [9.17, 15) is 9.59 Å². The third kappa shape index (κ3) is 2.88. The summed E-state index contributed by atoms with van der Waals surface area (Å²) in [5.41, 5.74) is 2.06. The van der Waals surface area contributed by atoms with Gasteiger partial charge in [0.1, 0.15) is 5.58 Å². The Kier molecular flexibility index (Phi) is 4.21. The highest BCUT2D eigenvalue weighted by molar-refractivity contribution is 6.07. The second-order valence-electron chi connectivity index (χ2n) is 7.05. The Balaban J connectivity index is 1.82. The van der Waals surface area contributed by atoms with Crippen LogP contribution in [0.1, 0.15) is 16.1 Å². The van der Waals surface area contributed by atoms with Gasteiger partial charge in [0, 0.05) is 0 Å². The summed E-state index contributed by atoms with van der Waals surface area (Å²) in [6, 6.07) is 22.1. The highest BCUT2D eigenvalue weighted by Gasteiger charge is 2.21. The lowest BCUT2D eigenvalue weighted by molar-refractivity contribution is 0.0994. The molecule has 0 saturated heterocycles. The molecule has 0 bridgehead atoms. The third-order valence-electron chi connectivity index (χ3n) is 5.15. The maximum atomic E-state index is 13.6. The second kappa shape index (κ2) is 7.04. The quantitative estimate of drug-likeness (QED) is 0.421. The van der Waals surface area contributed by atoms with Crippen molar-refractivity contribution in [3.05, 3.63) is 101 Å². The van der Waals surface area contributed by atoms with Crippen molar-refractivity contribution < 1.29 is 13.6 Å². The second-order valence-corrected chi connectivity index (χ2v) is 7.05. The summed E-state index contributed by atoms with van der Waals surface area (Å²) in [6.07, 6.45) is 1.42. The highest BCUT2D eigenvalue weighted by atomic mass is 16.4. The molecule has 0 aliphatic heterocycles. The molecule has 0 aliphatic rings. The van der Waals surface area contributed by atoms with E-state index in [1.807, 2.05) is 61.5 Å². The van der Waals surface area contributed by atoms with Crippen LogP contribution in [0.5, 0.6) is 0 Å². The van der Waals surface area contributed by atoms with Gasteiger partial charge in [0.25, 0.3) is 5.91 Å². The predicted molar refractivity (Wildman–Crippen MR) is 117 cm³/mol. The van der Waals surface area contributed by atoms with Gasteiger partial charge in [-0.1, -0.05) is 54.6 Å². The van der Waals surface area contributed by atoms with Gasteiger partial charge in [-0.3, -0.25) is 14.9 Å². The number of fused-ring (bicyclic) bond motifs is 2. The minimum absolute atomic E-state index is 0.0968. The van der Waals surface area contributed by atoms with Crippen molar-refractivity contribution in [3.63, 3.8) is 0 Å². The molecule has 3 aromatic carbocycles. The van der Waals surface area contributed by atoms with Crippen molar-refractivity contribution in [2.75, 3.05) is 5.32 Å². The number of aryl methyl sites for hydroxylation is 1. The van der Waals surface area contributed by atoms with Crippen LogP contribution < -0.4 is 10.7 Å². The maximum Gasteiger partial charge on any atom is 0.293 e. The molecule has 0 saturated carbocycles. The summed E-state index contributed by atoms with van der Waals surface area (Å²) in [7, 11) is 0. The van der Waals surface area contributed by atoms with Gasteiger partial charge in [-0.05, 0) is 47.0 Å². The van der Waals surface area contributed by atoms with E-state index in [0.717, 1.165) is 16.3 Å². The average Bonchev–Trinajstić information content (AvgIpc) is 3.30. The Labute approximate surface area is 171 Å². The predicted octanol–water partition coefficient (Wildman–Crippen LogP) is 5.77. The van der Waals surface area contributed by atoms with Crippen molar-refractivity contribution in [1.29, 1.82) is 0 Å². The first kappa shape index (κ1) is 17.9. The Morgan fingerprint density at radius 2 is 1.63 bits per heavy atom. The van der Waals surface area contributed by atoms with Gasteiger partial charge >= 0.3 is 0 Å². The van der Waals surface area contributed by atoms with E-state index in [1.54, 1.807) is 18.2 Å². The molecule has 1 amide bonds. The standard InChI is InChI=1S/C25H17NO4/c1-15-7-4-12-19-22(27)21(18-11-5-9-16-8-2-3-10-17(16)18)25(30-23(15)19)26-24(28)20-13-6-14-29-20/h2-14H,1H3,(H,26,28). The van der Waals surface area contributed by atoms with Crippen molar-refractivity contribution in [2.24, 2.45) is 0 Å². The van der Waals surface area contributed by atoms with Crippen LogP contribution in [0.25, 0.3) is 32.9 Å². The number of anilines is 1. The lowest BCUT2D eigenvalue weighted by Crippen LogP contribution is -2.16. The molecule has 0 aliphatic carbocycles. The number of hydrogen-bond donors (Lipinski definition) is 1. The molecule has 2 heterocycles. The van der Waals surface area contributed by atoms with Crippen molar-refractivity contribution in [1.82, 2.24) is 0 Å². The first-order chi connectivity index (χ1) is 14.6. The number of benzene rings is 3. The van der Waals surface area contributed by atoms with E-state index in [1.165, 1.54) is 6.26 Å². The Bertz CT molecular complexity index is 1460. The topological polar surface area (TPSA) is 72.5 Å². The summed E-state index contributed by atoms with van der Waals surface area (Å²) in [5.74, 6) is -0.261. The molecular formula is C25H17NO4. The monoisotopic (exact) mass is 395 g/mol. The first-order valence-corrected chi connectivity index (χ1v) is 9.53. The van der Waals surface area contributed by atoms with Crippen molar-refractivity contribution >= 4 is 33.5 Å². The van der Waals surface area contributed by atoms with Gasteiger partial charge in [-0.15, -0.1) is 0 Å². The van der Waals surface area contributed by atoms with Crippen LogP contribution in [-0.4, -0.2) is 5.91 Å². The van der Waals surface area contributed by atoms with Crippen LogP contribution in [0, 0.1) is 6.92 Å².